The number of hydrogen-bond donors (Lipinski definition) is 1. The number of rotatable bonds is 3. The molecule has 1 aromatic heterocycles. The third-order valence-electron chi connectivity index (χ3n) is 3.32. The number of pyridine rings is 1. The molecule has 0 atom stereocenters. The monoisotopic (exact) mass is 234 g/mol. The van der Waals surface area contributed by atoms with Gasteiger partial charge in [-0.3, -0.25) is 9.59 Å². The molecule has 0 bridgehead atoms. The Morgan fingerprint density at radius 2 is 2.12 bits per heavy atom. The van der Waals surface area contributed by atoms with Gasteiger partial charge in [0.2, 0.25) is 11.5 Å². The Kier molecular flexibility index (Phi) is 3.61. The molecule has 0 saturated heterocycles. The minimum atomic E-state index is -0.0706. The third-order valence-corrected chi connectivity index (χ3v) is 3.32. The summed E-state index contributed by atoms with van der Waals surface area (Å²) in [7, 11) is 1.68. The maximum Gasteiger partial charge on any atom is 0.250 e. The summed E-state index contributed by atoms with van der Waals surface area (Å²) < 4.78 is 1.46. The van der Waals surface area contributed by atoms with E-state index in [2.05, 4.69) is 5.32 Å². The van der Waals surface area contributed by atoms with Crippen molar-refractivity contribution in [3.05, 3.63) is 28.7 Å². The van der Waals surface area contributed by atoms with E-state index in [1.807, 2.05) is 0 Å². The fourth-order valence-corrected chi connectivity index (χ4v) is 2.36. The number of hydrogen-bond acceptors (Lipinski definition) is 2. The molecule has 1 amide bonds. The van der Waals surface area contributed by atoms with E-state index in [0.717, 1.165) is 0 Å². The van der Waals surface area contributed by atoms with Gasteiger partial charge < -0.3 is 9.88 Å². The van der Waals surface area contributed by atoms with Gasteiger partial charge in [-0.15, -0.1) is 0 Å². The lowest BCUT2D eigenvalue weighted by atomic mass is 10.0. The summed E-state index contributed by atoms with van der Waals surface area (Å²) >= 11 is 0. The van der Waals surface area contributed by atoms with E-state index in [4.69, 9.17) is 0 Å². The van der Waals surface area contributed by atoms with Crippen molar-refractivity contribution in [1.29, 1.82) is 0 Å². The van der Waals surface area contributed by atoms with E-state index in [0.29, 0.717) is 18.0 Å². The molecule has 17 heavy (non-hydrogen) atoms. The number of carbonyl (C=O) groups excluding carboxylic acids is 1. The van der Waals surface area contributed by atoms with Crippen LogP contribution in [0.2, 0.25) is 0 Å². The van der Waals surface area contributed by atoms with Gasteiger partial charge in [0.25, 0.3) is 0 Å². The van der Waals surface area contributed by atoms with Gasteiger partial charge in [0.1, 0.15) is 0 Å². The zero-order valence-electron chi connectivity index (χ0n) is 10.1. The zero-order chi connectivity index (χ0) is 12.3. The first kappa shape index (κ1) is 11.9. The van der Waals surface area contributed by atoms with Gasteiger partial charge in [-0.25, -0.2) is 0 Å². The van der Waals surface area contributed by atoms with Crippen molar-refractivity contribution < 1.29 is 4.79 Å². The Hall–Kier alpha value is -1.58. The lowest BCUT2D eigenvalue weighted by Crippen LogP contribution is -2.19. The van der Waals surface area contributed by atoms with Crippen LogP contribution in [0.15, 0.2) is 23.1 Å². The molecular formula is C13H18N2O2. The standard InChI is InChI=1S/C13H18N2O2/c1-15-9-11(6-7-13(15)17)14-12(16)8-10-4-2-3-5-10/h6-7,9-10H,2-5,8H2,1H3,(H,14,16). The molecule has 1 aliphatic rings. The molecule has 2 rings (SSSR count). The molecule has 1 fully saturated rings. The molecular weight excluding hydrogens is 216 g/mol. The summed E-state index contributed by atoms with van der Waals surface area (Å²) in [5, 5.41) is 2.84. The second-order valence-corrected chi connectivity index (χ2v) is 4.77. The van der Waals surface area contributed by atoms with Gasteiger partial charge in [0.15, 0.2) is 0 Å². The van der Waals surface area contributed by atoms with Gasteiger partial charge >= 0.3 is 0 Å². The first-order valence-electron chi connectivity index (χ1n) is 6.11. The first-order chi connectivity index (χ1) is 8.15. The lowest BCUT2D eigenvalue weighted by molar-refractivity contribution is -0.117. The highest BCUT2D eigenvalue weighted by atomic mass is 16.1. The molecule has 92 valence electrons. The van der Waals surface area contributed by atoms with E-state index in [1.54, 1.807) is 19.3 Å². The van der Waals surface area contributed by atoms with E-state index in [-0.39, 0.29) is 11.5 Å². The lowest BCUT2D eigenvalue weighted by Gasteiger charge is -2.10. The predicted molar refractivity (Wildman–Crippen MR) is 66.9 cm³/mol. The van der Waals surface area contributed by atoms with Crippen LogP contribution < -0.4 is 10.9 Å². The maximum atomic E-state index is 11.8. The van der Waals surface area contributed by atoms with Crippen molar-refractivity contribution in [2.75, 3.05) is 5.32 Å². The van der Waals surface area contributed by atoms with Crippen LogP contribution in [0.4, 0.5) is 5.69 Å². The van der Waals surface area contributed by atoms with Crippen molar-refractivity contribution in [3.63, 3.8) is 0 Å². The topological polar surface area (TPSA) is 51.1 Å². The van der Waals surface area contributed by atoms with Gasteiger partial charge in [-0.2, -0.15) is 0 Å². The Bertz CT molecular complexity index is 459. The molecule has 1 aromatic rings. The highest BCUT2D eigenvalue weighted by Crippen LogP contribution is 2.27. The highest BCUT2D eigenvalue weighted by Gasteiger charge is 2.18. The molecule has 1 saturated carbocycles. The Labute approximate surface area is 101 Å². The first-order valence-corrected chi connectivity index (χ1v) is 6.11. The van der Waals surface area contributed by atoms with E-state index in [9.17, 15) is 9.59 Å². The fourth-order valence-electron chi connectivity index (χ4n) is 2.36. The number of nitrogens with one attached hydrogen (secondary N) is 1. The quantitative estimate of drug-likeness (QED) is 0.868. The van der Waals surface area contributed by atoms with Crippen molar-refractivity contribution in [2.45, 2.75) is 32.1 Å². The van der Waals surface area contributed by atoms with Crippen LogP contribution in [-0.2, 0) is 11.8 Å². The van der Waals surface area contributed by atoms with Crippen LogP contribution in [-0.4, -0.2) is 10.5 Å². The van der Waals surface area contributed by atoms with Crippen LogP contribution in [0.25, 0.3) is 0 Å². The second-order valence-electron chi connectivity index (χ2n) is 4.77. The minimum Gasteiger partial charge on any atom is -0.325 e. The van der Waals surface area contributed by atoms with E-state index >= 15 is 0 Å². The smallest absolute Gasteiger partial charge is 0.250 e. The van der Waals surface area contributed by atoms with Gasteiger partial charge in [-0.1, -0.05) is 12.8 Å². The van der Waals surface area contributed by atoms with Crippen LogP contribution in [0.1, 0.15) is 32.1 Å². The second kappa shape index (κ2) is 5.17. The maximum absolute atomic E-state index is 11.8. The van der Waals surface area contributed by atoms with Crippen molar-refractivity contribution in [1.82, 2.24) is 4.57 Å². The molecule has 4 nitrogen and oxygen atoms in total. The summed E-state index contributed by atoms with van der Waals surface area (Å²) in [4.78, 5) is 23.0. The van der Waals surface area contributed by atoms with Crippen molar-refractivity contribution in [3.8, 4) is 0 Å². The SMILES string of the molecule is Cn1cc(NC(=O)CC2CCCC2)ccc1=O. The highest BCUT2D eigenvalue weighted by molar-refractivity contribution is 5.90. The number of aromatic nitrogens is 1. The third kappa shape index (κ3) is 3.19. The molecule has 1 heterocycles. The summed E-state index contributed by atoms with van der Waals surface area (Å²) in [6, 6.07) is 3.11. The summed E-state index contributed by atoms with van der Waals surface area (Å²) in [5.41, 5.74) is 0.619. The molecule has 0 spiro atoms. The van der Waals surface area contributed by atoms with E-state index < -0.39 is 0 Å². The van der Waals surface area contributed by atoms with Crippen LogP contribution >= 0.6 is 0 Å². The molecule has 0 radical (unpaired) electrons. The number of anilines is 1. The van der Waals surface area contributed by atoms with E-state index in [1.165, 1.54) is 36.3 Å². The molecule has 1 aliphatic carbocycles. The predicted octanol–water partition coefficient (Wildman–Crippen LogP) is 1.90. The van der Waals surface area contributed by atoms with Crippen LogP contribution in [0.5, 0.6) is 0 Å². The van der Waals surface area contributed by atoms with Gasteiger partial charge in [0.05, 0.1) is 5.69 Å². The van der Waals surface area contributed by atoms with Crippen LogP contribution in [0, 0.1) is 5.92 Å². The van der Waals surface area contributed by atoms with Gasteiger partial charge in [-0.05, 0) is 24.8 Å². The number of nitrogens with zero attached hydrogens (tertiary/aromatic N) is 1. The Morgan fingerprint density at radius 3 is 2.76 bits per heavy atom. The summed E-state index contributed by atoms with van der Waals surface area (Å²) in [6.45, 7) is 0. The fraction of sp³-hybridized carbons (Fsp3) is 0.538. The summed E-state index contributed by atoms with van der Waals surface area (Å²) in [5.74, 6) is 0.595. The average Bonchev–Trinajstić information content (AvgIpc) is 2.76. The van der Waals surface area contributed by atoms with Crippen molar-refractivity contribution in [2.24, 2.45) is 13.0 Å². The zero-order valence-corrected chi connectivity index (χ0v) is 10.1. The molecule has 0 unspecified atom stereocenters. The minimum absolute atomic E-state index is 0.0514. The number of carbonyl (C=O) groups is 1. The Morgan fingerprint density at radius 1 is 1.41 bits per heavy atom. The molecule has 0 aromatic carbocycles. The number of amides is 1. The molecule has 1 N–H and O–H groups in total. The molecule has 4 heteroatoms. The molecule has 0 aliphatic heterocycles. The normalized spacial score (nSPS) is 16.1. The van der Waals surface area contributed by atoms with Gasteiger partial charge in [0, 0.05) is 25.7 Å². The average molecular weight is 234 g/mol. The summed E-state index contributed by atoms with van der Waals surface area (Å²) in [6.07, 6.45) is 7.08. The largest absolute Gasteiger partial charge is 0.325 e. The van der Waals surface area contributed by atoms with Crippen molar-refractivity contribution >= 4 is 11.6 Å². The Balaban J connectivity index is 1.93. The van der Waals surface area contributed by atoms with Crippen LogP contribution in [0.3, 0.4) is 0 Å². The number of aryl methyl sites for hydroxylation is 1.